The van der Waals surface area contributed by atoms with Crippen LogP contribution < -0.4 is 0 Å². The summed E-state index contributed by atoms with van der Waals surface area (Å²) in [6.07, 6.45) is 11.0. The Balaban J connectivity index is 1.55. The molecule has 1 aliphatic heterocycles. The lowest BCUT2D eigenvalue weighted by Gasteiger charge is -2.40. The van der Waals surface area contributed by atoms with Gasteiger partial charge in [0.2, 0.25) is 0 Å². The number of hydrogen-bond acceptors (Lipinski definition) is 2. The summed E-state index contributed by atoms with van der Waals surface area (Å²) in [6.45, 7) is 1.82. The van der Waals surface area contributed by atoms with E-state index in [9.17, 15) is 5.11 Å². The maximum atomic E-state index is 10.8. The van der Waals surface area contributed by atoms with Gasteiger partial charge in [-0.15, -0.1) is 0 Å². The van der Waals surface area contributed by atoms with E-state index < -0.39 is 0 Å². The third-order valence-corrected chi connectivity index (χ3v) is 5.16. The highest BCUT2D eigenvalue weighted by Gasteiger charge is 2.41. The van der Waals surface area contributed by atoms with Crippen molar-refractivity contribution < 1.29 is 9.84 Å². The van der Waals surface area contributed by atoms with Crippen molar-refractivity contribution >= 4 is 0 Å². The van der Waals surface area contributed by atoms with Gasteiger partial charge in [-0.25, -0.2) is 0 Å². The lowest BCUT2D eigenvalue weighted by Crippen LogP contribution is -2.38. The molecule has 3 aliphatic rings. The summed E-state index contributed by atoms with van der Waals surface area (Å²) < 4.78 is 5.41. The van der Waals surface area contributed by atoms with Gasteiger partial charge in [-0.05, 0) is 69.1 Å². The Morgan fingerprint density at radius 1 is 1.00 bits per heavy atom. The van der Waals surface area contributed by atoms with Crippen LogP contribution in [0.1, 0.15) is 57.8 Å². The van der Waals surface area contributed by atoms with Gasteiger partial charge in [-0.1, -0.05) is 6.42 Å². The van der Waals surface area contributed by atoms with Crippen molar-refractivity contribution in [2.24, 2.45) is 17.8 Å². The van der Waals surface area contributed by atoms with E-state index in [0.29, 0.717) is 5.92 Å². The van der Waals surface area contributed by atoms with Gasteiger partial charge in [0, 0.05) is 13.2 Å². The van der Waals surface area contributed by atoms with Crippen molar-refractivity contribution in [2.75, 3.05) is 13.2 Å². The van der Waals surface area contributed by atoms with Crippen LogP contribution in [0.15, 0.2) is 0 Å². The summed E-state index contributed by atoms with van der Waals surface area (Å²) >= 11 is 0. The Morgan fingerprint density at radius 3 is 2.47 bits per heavy atom. The molecular formula is C15H26O2. The third kappa shape index (κ3) is 3.03. The summed E-state index contributed by atoms with van der Waals surface area (Å²) in [4.78, 5) is 0. The SMILES string of the molecule is OC1(CC2CCOCC2)CCCC(C2CC2)C1. The number of aliphatic hydroxyl groups is 1. The predicted molar refractivity (Wildman–Crippen MR) is 67.8 cm³/mol. The van der Waals surface area contributed by atoms with E-state index in [1.165, 1.54) is 25.7 Å². The fourth-order valence-corrected chi connectivity index (χ4v) is 4.03. The van der Waals surface area contributed by atoms with Gasteiger partial charge in [0.05, 0.1) is 5.60 Å². The van der Waals surface area contributed by atoms with Gasteiger partial charge in [0.1, 0.15) is 0 Å². The van der Waals surface area contributed by atoms with Crippen molar-refractivity contribution in [1.29, 1.82) is 0 Å². The van der Waals surface area contributed by atoms with E-state index >= 15 is 0 Å². The molecule has 2 nitrogen and oxygen atoms in total. The first kappa shape index (κ1) is 12.0. The molecule has 0 amide bonds. The average Bonchev–Trinajstić information content (AvgIpc) is 3.13. The Morgan fingerprint density at radius 2 is 1.76 bits per heavy atom. The molecule has 3 fully saturated rings. The molecular weight excluding hydrogens is 212 g/mol. The molecule has 2 unspecified atom stereocenters. The minimum absolute atomic E-state index is 0.326. The molecule has 2 saturated carbocycles. The molecule has 98 valence electrons. The van der Waals surface area contributed by atoms with E-state index in [1.54, 1.807) is 0 Å². The summed E-state index contributed by atoms with van der Waals surface area (Å²) in [5.41, 5.74) is -0.326. The van der Waals surface area contributed by atoms with Gasteiger partial charge in [-0.2, -0.15) is 0 Å². The van der Waals surface area contributed by atoms with Crippen molar-refractivity contribution in [3.63, 3.8) is 0 Å². The maximum absolute atomic E-state index is 10.8. The monoisotopic (exact) mass is 238 g/mol. The first-order valence-electron chi connectivity index (χ1n) is 7.55. The van der Waals surface area contributed by atoms with Crippen LogP contribution in [0.2, 0.25) is 0 Å². The van der Waals surface area contributed by atoms with Crippen molar-refractivity contribution in [2.45, 2.75) is 63.4 Å². The topological polar surface area (TPSA) is 29.5 Å². The van der Waals surface area contributed by atoms with Gasteiger partial charge in [-0.3, -0.25) is 0 Å². The van der Waals surface area contributed by atoms with Gasteiger partial charge >= 0.3 is 0 Å². The van der Waals surface area contributed by atoms with Crippen LogP contribution in [0.5, 0.6) is 0 Å². The second-order valence-corrected chi connectivity index (χ2v) is 6.68. The minimum atomic E-state index is -0.326. The molecule has 2 heteroatoms. The zero-order valence-electron chi connectivity index (χ0n) is 10.9. The van der Waals surface area contributed by atoms with Gasteiger partial charge < -0.3 is 9.84 Å². The number of ether oxygens (including phenoxy) is 1. The Kier molecular flexibility index (Phi) is 3.45. The lowest BCUT2D eigenvalue weighted by atomic mass is 9.71. The number of rotatable bonds is 3. The van der Waals surface area contributed by atoms with Crippen molar-refractivity contribution in [3.05, 3.63) is 0 Å². The Bertz CT molecular complexity index is 256. The summed E-state index contributed by atoms with van der Waals surface area (Å²) in [5.74, 6) is 2.52. The van der Waals surface area contributed by atoms with E-state index in [-0.39, 0.29) is 5.60 Å². The Hall–Kier alpha value is -0.0800. The fourth-order valence-electron chi connectivity index (χ4n) is 4.03. The first-order chi connectivity index (χ1) is 8.25. The maximum Gasteiger partial charge on any atom is 0.0653 e. The highest BCUT2D eigenvalue weighted by atomic mass is 16.5. The van der Waals surface area contributed by atoms with Crippen LogP contribution in [0, 0.1) is 17.8 Å². The normalized spacial score (nSPS) is 40.4. The minimum Gasteiger partial charge on any atom is -0.390 e. The largest absolute Gasteiger partial charge is 0.390 e. The molecule has 1 heterocycles. The van der Waals surface area contributed by atoms with Crippen molar-refractivity contribution in [1.82, 2.24) is 0 Å². The van der Waals surface area contributed by atoms with Crippen LogP contribution in [-0.4, -0.2) is 23.9 Å². The summed E-state index contributed by atoms with van der Waals surface area (Å²) in [5, 5.41) is 10.8. The molecule has 1 N–H and O–H groups in total. The Labute approximate surface area is 105 Å². The molecule has 0 aromatic heterocycles. The molecule has 0 bridgehead atoms. The zero-order valence-corrected chi connectivity index (χ0v) is 10.9. The van der Waals surface area contributed by atoms with Crippen molar-refractivity contribution in [3.8, 4) is 0 Å². The van der Waals surface area contributed by atoms with E-state index in [4.69, 9.17) is 4.74 Å². The highest BCUT2D eigenvalue weighted by Crippen LogP contribution is 2.48. The quantitative estimate of drug-likeness (QED) is 0.818. The molecule has 1 saturated heterocycles. The first-order valence-corrected chi connectivity index (χ1v) is 7.55. The molecule has 0 aromatic carbocycles. The van der Waals surface area contributed by atoms with Crippen LogP contribution in [0.3, 0.4) is 0 Å². The highest BCUT2D eigenvalue weighted by molar-refractivity contribution is 4.93. The molecule has 2 aliphatic carbocycles. The van der Waals surface area contributed by atoms with E-state index in [0.717, 1.165) is 57.2 Å². The smallest absolute Gasteiger partial charge is 0.0653 e. The number of hydrogen-bond donors (Lipinski definition) is 1. The van der Waals surface area contributed by atoms with Crippen LogP contribution >= 0.6 is 0 Å². The molecule has 0 aromatic rings. The molecule has 17 heavy (non-hydrogen) atoms. The van der Waals surface area contributed by atoms with Gasteiger partial charge in [0.25, 0.3) is 0 Å². The standard InChI is InChI=1S/C15H26O2/c16-15(10-12-5-8-17-9-6-12)7-1-2-14(11-15)13-3-4-13/h12-14,16H,1-11H2. The second-order valence-electron chi connectivity index (χ2n) is 6.68. The fraction of sp³-hybridized carbons (Fsp3) is 1.00. The third-order valence-electron chi connectivity index (χ3n) is 5.16. The summed E-state index contributed by atoms with van der Waals surface area (Å²) in [6, 6.07) is 0. The molecule has 0 spiro atoms. The summed E-state index contributed by atoms with van der Waals surface area (Å²) in [7, 11) is 0. The predicted octanol–water partition coefficient (Wildman–Crippen LogP) is 3.13. The van der Waals surface area contributed by atoms with Crippen LogP contribution in [0.4, 0.5) is 0 Å². The van der Waals surface area contributed by atoms with Crippen LogP contribution in [-0.2, 0) is 4.74 Å². The van der Waals surface area contributed by atoms with E-state index in [2.05, 4.69) is 0 Å². The molecule has 0 radical (unpaired) electrons. The zero-order chi connectivity index (χ0) is 11.7. The van der Waals surface area contributed by atoms with E-state index in [1.807, 2.05) is 0 Å². The molecule has 3 rings (SSSR count). The average molecular weight is 238 g/mol. The lowest BCUT2D eigenvalue weighted by molar-refractivity contribution is -0.0526. The molecule has 2 atom stereocenters. The van der Waals surface area contributed by atoms with Gasteiger partial charge in [0.15, 0.2) is 0 Å². The van der Waals surface area contributed by atoms with Crippen LogP contribution in [0.25, 0.3) is 0 Å². The second kappa shape index (κ2) is 4.89.